The van der Waals surface area contributed by atoms with Crippen molar-refractivity contribution in [2.75, 3.05) is 14.1 Å². The molecule has 1 unspecified atom stereocenters. The molecular formula is C15H15ClN2O2. The summed E-state index contributed by atoms with van der Waals surface area (Å²) in [5.41, 5.74) is 0.612. The molecule has 20 heavy (non-hydrogen) atoms. The number of hydrogen-bond donors (Lipinski definition) is 0. The molecule has 1 aliphatic rings. The summed E-state index contributed by atoms with van der Waals surface area (Å²) in [4.78, 5) is 14.1. The molecule has 1 aromatic heterocycles. The molecule has 4 nitrogen and oxygen atoms in total. The molecule has 5 heteroatoms. The summed E-state index contributed by atoms with van der Waals surface area (Å²) in [7, 11) is 3.45. The van der Waals surface area contributed by atoms with Gasteiger partial charge >= 0.3 is 0 Å². The summed E-state index contributed by atoms with van der Waals surface area (Å²) < 4.78 is 7.96. The zero-order chi connectivity index (χ0) is 14.5. The van der Waals surface area contributed by atoms with Crippen molar-refractivity contribution in [1.82, 2.24) is 9.47 Å². The molecule has 1 amide bonds. The molecule has 1 atom stereocenters. The van der Waals surface area contributed by atoms with E-state index in [-0.39, 0.29) is 5.91 Å². The van der Waals surface area contributed by atoms with Crippen LogP contribution >= 0.6 is 11.6 Å². The summed E-state index contributed by atoms with van der Waals surface area (Å²) in [6, 6.07) is 9.18. The predicted molar refractivity (Wildman–Crippen MR) is 77.5 cm³/mol. The zero-order valence-corrected chi connectivity index (χ0v) is 12.3. The standard InChI is InChI=1S/C15H15ClN2O2/c1-15(14(19)17(2)3)13-5-4-8-18(13)11-9-10(16)6-7-12(11)20-15/h4-9H,1-3H3. The second-order valence-corrected chi connectivity index (χ2v) is 5.65. The van der Waals surface area contributed by atoms with E-state index in [4.69, 9.17) is 16.3 Å². The fraction of sp³-hybridized carbons (Fsp3) is 0.267. The van der Waals surface area contributed by atoms with Gasteiger partial charge in [-0.05, 0) is 37.3 Å². The highest BCUT2D eigenvalue weighted by Crippen LogP contribution is 2.41. The number of amides is 1. The van der Waals surface area contributed by atoms with Crippen molar-refractivity contribution in [2.24, 2.45) is 0 Å². The van der Waals surface area contributed by atoms with Gasteiger partial charge in [-0.25, -0.2) is 0 Å². The average molecular weight is 291 g/mol. The Morgan fingerprint density at radius 1 is 1.35 bits per heavy atom. The van der Waals surface area contributed by atoms with Crippen molar-refractivity contribution in [3.63, 3.8) is 0 Å². The minimum Gasteiger partial charge on any atom is -0.469 e. The normalized spacial score (nSPS) is 19.8. The van der Waals surface area contributed by atoms with Gasteiger partial charge in [-0.3, -0.25) is 4.79 Å². The summed E-state index contributed by atoms with van der Waals surface area (Å²) >= 11 is 6.05. The van der Waals surface area contributed by atoms with Crippen LogP contribution in [0.1, 0.15) is 12.6 Å². The predicted octanol–water partition coefficient (Wildman–Crippen LogP) is 2.83. The highest BCUT2D eigenvalue weighted by molar-refractivity contribution is 6.30. The molecule has 1 aromatic carbocycles. The molecule has 1 aliphatic heterocycles. The van der Waals surface area contributed by atoms with Gasteiger partial charge in [0.15, 0.2) is 0 Å². The molecule has 0 saturated carbocycles. The maximum absolute atomic E-state index is 12.5. The monoisotopic (exact) mass is 290 g/mol. The first-order chi connectivity index (χ1) is 9.43. The third-order valence-electron chi connectivity index (χ3n) is 3.55. The van der Waals surface area contributed by atoms with Gasteiger partial charge in [0.25, 0.3) is 5.91 Å². The molecule has 2 aromatic rings. The smallest absolute Gasteiger partial charge is 0.272 e. The van der Waals surface area contributed by atoms with Gasteiger partial charge in [0.05, 0.1) is 11.4 Å². The lowest BCUT2D eigenvalue weighted by molar-refractivity contribution is -0.146. The molecule has 104 valence electrons. The molecule has 3 rings (SSSR count). The number of aromatic nitrogens is 1. The van der Waals surface area contributed by atoms with E-state index >= 15 is 0 Å². The minimum atomic E-state index is -1.03. The Labute approximate surface area is 122 Å². The number of benzene rings is 1. The molecule has 0 fully saturated rings. The van der Waals surface area contributed by atoms with Crippen molar-refractivity contribution in [1.29, 1.82) is 0 Å². The number of carbonyl (C=O) groups is 1. The second kappa shape index (κ2) is 4.28. The first kappa shape index (κ1) is 13.1. The van der Waals surface area contributed by atoms with Crippen molar-refractivity contribution >= 4 is 17.5 Å². The van der Waals surface area contributed by atoms with Gasteiger partial charge in [-0.1, -0.05) is 11.6 Å². The van der Waals surface area contributed by atoms with E-state index in [0.29, 0.717) is 10.8 Å². The van der Waals surface area contributed by atoms with Gasteiger partial charge in [-0.2, -0.15) is 0 Å². The molecule has 0 N–H and O–H groups in total. The highest BCUT2D eigenvalue weighted by atomic mass is 35.5. The van der Waals surface area contributed by atoms with Crippen LogP contribution in [0.2, 0.25) is 5.02 Å². The number of nitrogens with zero attached hydrogens (tertiary/aromatic N) is 2. The van der Waals surface area contributed by atoms with E-state index in [1.54, 1.807) is 33.2 Å². The van der Waals surface area contributed by atoms with Crippen LogP contribution in [-0.2, 0) is 10.4 Å². The number of halogens is 1. The summed E-state index contributed by atoms with van der Waals surface area (Å²) in [6.45, 7) is 1.79. The van der Waals surface area contributed by atoms with Crippen LogP contribution in [0.5, 0.6) is 5.75 Å². The van der Waals surface area contributed by atoms with E-state index in [9.17, 15) is 4.79 Å². The van der Waals surface area contributed by atoms with Crippen molar-refractivity contribution in [3.8, 4) is 11.4 Å². The van der Waals surface area contributed by atoms with Gasteiger partial charge in [0, 0.05) is 25.3 Å². The van der Waals surface area contributed by atoms with Crippen molar-refractivity contribution in [2.45, 2.75) is 12.5 Å². The number of fused-ring (bicyclic) bond motifs is 3. The fourth-order valence-electron chi connectivity index (χ4n) is 2.60. The van der Waals surface area contributed by atoms with E-state index in [2.05, 4.69) is 0 Å². The topological polar surface area (TPSA) is 34.5 Å². The van der Waals surface area contributed by atoms with Gasteiger partial charge < -0.3 is 14.2 Å². The molecule has 0 aliphatic carbocycles. The zero-order valence-electron chi connectivity index (χ0n) is 11.6. The van der Waals surface area contributed by atoms with Crippen LogP contribution < -0.4 is 4.74 Å². The SMILES string of the molecule is CN(C)C(=O)C1(C)Oc2ccc(Cl)cc2-n2cccc21. The lowest BCUT2D eigenvalue weighted by Gasteiger charge is -2.37. The molecule has 0 radical (unpaired) electrons. The number of likely N-dealkylation sites (N-methyl/N-ethyl adjacent to an activating group) is 1. The van der Waals surface area contributed by atoms with Gasteiger partial charge in [-0.15, -0.1) is 0 Å². The van der Waals surface area contributed by atoms with E-state index in [0.717, 1.165) is 11.4 Å². The first-order valence-electron chi connectivity index (χ1n) is 6.32. The summed E-state index contributed by atoms with van der Waals surface area (Å²) in [5.74, 6) is 0.550. The Hall–Kier alpha value is -1.94. The molecule has 0 bridgehead atoms. The van der Waals surface area contributed by atoms with Crippen LogP contribution in [0.25, 0.3) is 5.69 Å². The Kier molecular flexibility index (Phi) is 2.80. The third-order valence-corrected chi connectivity index (χ3v) is 3.78. The Morgan fingerprint density at radius 3 is 2.80 bits per heavy atom. The lowest BCUT2D eigenvalue weighted by Crippen LogP contribution is -2.48. The van der Waals surface area contributed by atoms with E-state index in [1.807, 2.05) is 29.0 Å². The molecule has 0 spiro atoms. The maximum atomic E-state index is 12.5. The minimum absolute atomic E-state index is 0.0990. The van der Waals surface area contributed by atoms with Crippen molar-refractivity contribution < 1.29 is 9.53 Å². The Bertz CT molecular complexity index is 693. The van der Waals surface area contributed by atoms with Crippen molar-refractivity contribution in [3.05, 3.63) is 47.2 Å². The maximum Gasteiger partial charge on any atom is 0.272 e. The Balaban J connectivity index is 2.22. The van der Waals surface area contributed by atoms with Crippen LogP contribution in [0.4, 0.5) is 0 Å². The number of carbonyl (C=O) groups excluding carboxylic acids is 1. The van der Waals surface area contributed by atoms with E-state index < -0.39 is 5.60 Å². The fourth-order valence-corrected chi connectivity index (χ4v) is 2.76. The third kappa shape index (κ3) is 1.72. The largest absolute Gasteiger partial charge is 0.469 e. The average Bonchev–Trinajstić information content (AvgIpc) is 2.89. The number of ether oxygens (including phenoxy) is 1. The van der Waals surface area contributed by atoms with Crippen LogP contribution in [0.3, 0.4) is 0 Å². The number of rotatable bonds is 1. The highest BCUT2D eigenvalue weighted by Gasteiger charge is 2.44. The molecule has 0 saturated heterocycles. The second-order valence-electron chi connectivity index (χ2n) is 5.21. The molecule has 2 heterocycles. The lowest BCUT2D eigenvalue weighted by atomic mass is 9.98. The van der Waals surface area contributed by atoms with Crippen LogP contribution in [-0.4, -0.2) is 29.5 Å². The van der Waals surface area contributed by atoms with Crippen LogP contribution in [0.15, 0.2) is 36.5 Å². The van der Waals surface area contributed by atoms with Gasteiger partial charge in [0.2, 0.25) is 5.60 Å². The quantitative estimate of drug-likeness (QED) is 0.809. The summed E-state index contributed by atoms with van der Waals surface area (Å²) in [6.07, 6.45) is 1.91. The van der Waals surface area contributed by atoms with Crippen LogP contribution in [0, 0.1) is 0 Å². The number of hydrogen-bond acceptors (Lipinski definition) is 2. The Morgan fingerprint density at radius 2 is 2.10 bits per heavy atom. The summed E-state index contributed by atoms with van der Waals surface area (Å²) in [5, 5.41) is 0.634. The van der Waals surface area contributed by atoms with E-state index in [1.165, 1.54) is 4.90 Å². The van der Waals surface area contributed by atoms with Gasteiger partial charge in [0.1, 0.15) is 5.75 Å². The molecular weight excluding hydrogens is 276 g/mol. The first-order valence-corrected chi connectivity index (χ1v) is 6.70.